The largest absolute Gasteiger partial charge is 0.452 e. The van der Waals surface area contributed by atoms with Crippen molar-refractivity contribution in [1.29, 1.82) is 0 Å². The lowest BCUT2D eigenvalue weighted by atomic mass is 10.1. The Morgan fingerprint density at radius 1 is 0.968 bits per heavy atom. The smallest absolute Gasteiger partial charge is 0.416 e. The quantitative estimate of drug-likeness (QED) is 0.400. The lowest BCUT2D eigenvalue weighted by Gasteiger charge is -2.07. The molecule has 0 aliphatic rings. The van der Waals surface area contributed by atoms with Gasteiger partial charge in [-0.3, -0.25) is 14.9 Å². The number of imide groups is 1. The maximum atomic E-state index is 12.5. The number of rotatable bonds is 7. The molecule has 0 aliphatic carbocycles. The second-order valence-corrected chi connectivity index (χ2v) is 5.84. The number of nitrogens with one attached hydrogen (secondary N) is 1. The van der Waals surface area contributed by atoms with Crippen LogP contribution in [0.25, 0.3) is 6.08 Å². The Kier molecular flexibility index (Phi) is 7.83. The number of amides is 2. The molecule has 11 heteroatoms. The van der Waals surface area contributed by atoms with Crippen LogP contribution in [-0.2, 0) is 20.5 Å². The molecule has 0 radical (unpaired) electrons. The van der Waals surface area contributed by atoms with E-state index in [0.29, 0.717) is 5.56 Å². The van der Waals surface area contributed by atoms with E-state index < -0.39 is 42.7 Å². The van der Waals surface area contributed by atoms with E-state index >= 15 is 0 Å². The normalized spacial score (nSPS) is 11.4. The Bertz CT molecular complexity index is 953. The van der Waals surface area contributed by atoms with Gasteiger partial charge in [0.25, 0.3) is 11.8 Å². The molecule has 0 saturated carbocycles. The number of ether oxygens (including phenoxy) is 2. The molecule has 0 heterocycles. The minimum atomic E-state index is -4.48. The zero-order valence-corrected chi connectivity index (χ0v) is 15.5. The van der Waals surface area contributed by atoms with Gasteiger partial charge < -0.3 is 9.47 Å². The minimum Gasteiger partial charge on any atom is -0.452 e. The molecule has 2 amide bonds. The second kappa shape index (κ2) is 10.3. The first-order chi connectivity index (χ1) is 14.5. The van der Waals surface area contributed by atoms with E-state index in [0.717, 1.165) is 54.6 Å². The fourth-order valence-corrected chi connectivity index (χ4v) is 2.15. The van der Waals surface area contributed by atoms with Crippen molar-refractivity contribution in [3.8, 4) is 5.75 Å². The molecule has 0 spiro atoms. The molecule has 1 N–H and O–H groups in total. The first-order valence-electron chi connectivity index (χ1n) is 8.46. The van der Waals surface area contributed by atoms with Crippen LogP contribution < -0.4 is 10.1 Å². The summed E-state index contributed by atoms with van der Waals surface area (Å²) in [7, 11) is 0. The topological polar surface area (TPSA) is 81.7 Å². The van der Waals surface area contributed by atoms with Gasteiger partial charge in [-0.1, -0.05) is 12.1 Å². The molecule has 2 aromatic rings. The van der Waals surface area contributed by atoms with Gasteiger partial charge in [0, 0.05) is 11.6 Å². The fraction of sp³-hybridized carbons (Fsp3) is 0.150. The van der Waals surface area contributed by atoms with Crippen LogP contribution in [0.1, 0.15) is 21.5 Å². The highest BCUT2D eigenvalue weighted by Crippen LogP contribution is 2.29. The molecule has 6 nitrogen and oxygen atoms in total. The zero-order chi connectivity index (χ0) is 23.0. The number of alkyl halides is 5. The lowest BCUT2D eigenvalue weighted by Crippen LogP contribution is -2.34. The van der Waals surface area contributed by atoms with E-state index in [4.69, 9.17) is 0 Å². The number of carbonyl (C=O) groups is 3. The molecule has 2 aromatic carbocycles. The summed E-state index contributed by atoms with van der Waals surface area (Å²) in [5.74, 6) is -2.94. The summed E-state index contributed by atoms with van der Waals surface area (Å²) < 4.78 is 70.4. The summed E-state index contributed by atoms with van der Waals surface area (Å²) in [6.07, 6.45) is -2.39. The molecule has 0 fully saturated rings. The molecule has 0 atom stereocenters. The van der Waals surface area contributed by atoms with E-state index in [1.165, 1.54) is 6.08 Å². The average Bonchev–Trinajstić information content (AvgIpc) is 2.70. The van der Waals surface area contributed by atoms with Crippen molar-refractivity contribution in [2.45, 2.75) is 12.8 Å². The van der Waals surface area contributed by atoms with Crippen molar-refractivity contribution >= 4 is 23.9 Å². The van der Waals surface area contributed by atoms with E-state index in [2.05, 4.69) is 9.47 Å². The molecular weight excluding hydrogens is 429 g/mol. The number of halogens is 5. The first kappa shape index (κ1) is 23.5. The number of hydrogen-bond acceptors (Lipinski definition) is 5. The van der Waals surface area contributed by atoms with Gasteiger partial charge in [0.05, 0.1) is 5.56 Å². The number of carbonyl (C=O) groups excluding carboxylic acids is 3. The molecule has 164 valence electrons. The summed E-state index contributed by atoms with van der Waals surface area (Å²) in [6.45, 7) is -3.82. The second-order valence-electron chi connectivity index (χ2n) is 5.84. The number of hydrogen-bond donors (Lipinski definition) is 1. The summed E-state index contributed by atoms with van der Waals surface area (Å²) >= 11 is 0. The Hall–Kier alpha value is -3.76. The van der Waals surface area contributed by atoms with E-state index in [-0.39, 0.29) is 11.3 Å². The van der Waals surface area contributed by atoms with Crippen LogP contribution in [0.5, 0.6) is 5.75 Å². The molecule has 31 heavy (non-hydrogen) atoms. The highest BCUT2D eigenvalue weighted by molar-refractivity contribution is 6.05. The Balaban J connectivity index is 1.80. The fourth-order valence-electron chi connectivity index (χ4n) is 2.15. The van der Waals surface area contributed by atoms with E-state index in [9.17, 15) is 36.3 Å². The highest BCUT2D eigenvalue weighted by atomic mass is 19.4. The number of benzene rings is 2. The van der Waals surface area contributed by atoms with Crippen LogP contribution in [0.3, 0.4) is 0 Å². The predicted octanol–water partition coefficient (Wildman–Crippen LogP) is 3.82. The molecule has 0 aromatic heterocycles. The van der Waals surface area contributed by atoms with Gasteiger partial charge in [0.2, 0.25) is 0 Å². The maximum Gasteiger partial charge on any atom is 0.416 e. The van der Waals surface area contributed by atoms with Crippen LogP contribution in [0.4, 0.5) is 22.0 Å². The van der Waals surface area contributed by atoms with Crippen LogP contribution >= 0.6 is 0 Å². The van der Waals surface area contributed by atoms with Crippen molar-refractivity contribution in [3.05, 3.63) is 71.3 Å². The monoisotopic (exact) mass is 443 g/mol. The van der Waals surface area contributed by atoms with Crippen LogP contribution in [0.15, 0.2) is 54.6 Å². The Labute approximate surface area is 172 Å². The molecule has 0 unspecified atom stereocenters. The highest BCUT2D eigenvalue weighted by Gasteiger charge is 2.29. The van der Waals surface area contributed by atoms with Crippen molar-refractivity contribution in [2.75, 3.05) is 6.61 Å². The van der Waals surface area contributed by atoms with Gasteiger partial charge in [-0.15, -0.1) is 0 Å². The first-order valence-corrected chi connectivity index (χ1v) is 8.46. The molecule has 0 saturated heterocycles. The Morgan fingerprint density at radius 3 is 2.13 bits per heavy atom. The van der Waals surface area contributed by atoms with Crippen LogP contribution in [-0.4, -0.2) is 31.0 Å². The standard InChI is InChI=1S/C20H14F5NO5/c21-19(22)31-15-8-4-13(5-9-15)18(29)26-16(27)11-30-17(28)10-3-12-1-6-14(7-2-12)20(23,24)25/h1-10,19H,11H2,(H,26,27,29)/b10-3+. The molecule has 0 aliphatic heterocycles. The van der Waals surface area contributed by atoms with Gasteiger partial charge in [0.15, 0.2) is 6.61 Å². The lowest BCUT2D eigenvalue weighted by molar-refractivity contribution is -0.143. The van der Waals surface area contributed by atoms with Crippen molar-refractivity contribution < 1.29 is 45.8 Å². The van der Waals surface area contributed by atoms with Gasteiger partial charge in [-0.2, -0.15) is 22.0 Å². The Morgan fingerprint density at radius 2 is 1.58 bits per heavy atom. The van der Waals surface area contributed by atoms with E-state index in [1.807, 2.05) is 5.32 Å². The summed E-state index contributed by atoms with van der Waals surface area (Å²) in [5, 5.41) is 1.93. The molecule has 0 bridgehead atoms. The minimum absolute atomic E-state index is 0.0245. The van der Waals surface area contributed by atoms with Crippen molar-refractivity contribution in [3.63, 3.8) is 0 Å². The summed E-state index contributed by atoms with van der Waals surface area (Å²) in [4.78, 5) is 35.2. The van der Waals surface area contributed by atoms with Crippen molar-refractivity contribution in [1.82, 2.24) is 5.32 Å². The van der Waals surface area contributed by atoms with Crippen LogP contribution in [0.2, 0.25) is 0 Å². The SMILES string of the molecule is O=C(COC(=O)/C=C/c1ccc(C(F)(F)F)cc1)NC(=O)c1ccc(OC(F)F)cc1. The van der Waals surface area contributed by atoms with E-state index in [1.54, 1.807) is 0 Å². The van der Waals surface area contributed by atoms with Gasteiger partial charge in [-0.05, 0) is 48.0 Å². The molecule has 2 rings (SSSR count). The third-order valence-corrected chi connectivity index (χ3v) is 3.59. The van der Waals surface area contributed by atoms with Crippen LogP contribution in [0, 0.1) is 0 Å². The maximum absolute atomic E-state index is 12.5. The summed E-state index contributed by atoms with van der Waals surface area (Å²) in [6, 6.07) is 8.51. The van der Waals surface area contributed by atoms with Crippen molar-refractivity contribution in [2.24, 2.45) is 0 Å². The third-order valence-electron chi connectivity index (χ3n) is 3.59. The predicted molar refractivity (Wildman–Crippen MR) is 97.0 cm³/mol. The van der Waals surface area contributed by atoms with Gasteiger partial charge >= 0.3 is 18.8 Å². The zero-order valence-electron chi connectivity index (χ0n) is 15.5. The average molecular weight is 443 g/mol. The third kappa shape index (κ3) is 7.88. The van der Waals surface area contributed by atoms with Gasteiger partial charge in [0.1, 0.15) is 5.75 Å². The number of esters is 1. The van der Waals surface area contributed by atoms with Gasteiger partial charge in [-0.25, -0.2) is 4.79 Å². The molecular formula is C20H14F5NO5. The summed E-state index contributed by atoms with van der Waals surface area (Å²) in [5.41, 5.74) is -0.572.